The Morgan fingerprint density at radius 2 is 2.27 bits per heavy atom. The molecule has 0 radical (unpaired) electrons. The summed E-state index contributed by atoms with van der Waals surface area (Å²) < 4.78 is 6.72. The lowest BCUT2D eigenvalue weighted by Gasteiger charge is -2.12. The second-order valence-electron chi connectivity index (χ2n) is 3.59. The van der Waals surface area contributed by atoms with Crippen molar-refractivity contribution in [2.24, 2.45) is 0 Å². The standard InChI is InChI=1S/C11H18N2O2/c1-5-9(4)13-10(7-8(3)12-13)11(14)15-6-2/h7,9H,5-6H2,1-4H3. The van der Waals surface area contributed by atoms with Crippen LogP contribution < -0.4 is 0 Å². The predicted molar refractivity (Wildman–Crippen MR) is 57.9 cm³/mol. The second-order valence-corrected chi connectivity index (χ2v) is 3.59. The summed E-state index contributed by atoms with van der Waals surface area (Å²) in [6.45, 7) is 8.17. The highest BCUT2D eigenvalue weighted by Gasteiger charge is 2.17. The minimum absolute atomic E-state index is 0.220. The molecule has 1 aromatic heterocycles. The van der Waals surface area contributed by atoms with Gasteiger partial charge in [0, 0.05) is 6.04 Å². The first-order valence-electron chi connectivity index (χ1n) is 5.33. The van der Waals surface area contributed by atoms with Crippen LogP contribution in [0.5, 0.6) is 0 Å². The van der Waals surface area contributed by atoms with Crippen LogP contribution in [0.4, 0.5) is 0 Å². The lowest BCUT2D eigenvalue weighted by molar-refractivity contribution is 0.0509. The second kappa shape index (κ2) is 4.96. The van der Waals surface area contributed by atoms with Crippen molar-refractivity contribution in [2.75, 3.05) is 6.61 Å². The molecule has 1 aromatic rings. The molecular formula is C11H18N2O2. The van der Waals surface area contributed by atoms with Crippen molar-refractivity contribution >= 4 is 5.97 Å². The molecule has 1 heterocycles. The average molecular weight is 210 g/mol. The SMILES string of the molecule is CCOC(=O)c1cc(C)nn1C(C)CC. The number of hydrogen-bond acceptors (Lipinski definition) is 3. The van der Waals surface area contributed by atoms with Gasteiger partial charge in [-0.15, -0.1) is 0 Å². The molecule has 0 aromatic carbocycles. The molecule has 0 spiro atoms. The number of carbonyl (C=O) groups excluding carboxylic acids is 1. The Morgan fingerprint density at radius 3 is 2.80 bits per heavy atom. The predicted octanol–water partition coefficient (Wildman–Crippen LogP) is 2.34. The van der Waals surface area contributed by atoms with Gasteiger partial charge in [-0.05, 0) is 33.3 Å². The Kier molecular flexibility index (Phi) is 3.88. The average Bonchev–Trinajstić information content (AvgIpc) is 2.59. The maximum Gasteiger partial charge on any atom is 0.356 e. The van der Waals surface area contributed by atoms with E-state index in [-0.39, 0.29) is 12.0 Å². The zero-order valence-corrected chi connectivity index (χ0v) is 9.78. The van der Waals surface area contributed by atoms with Gasteiger partial charge in [0.2, 0.25) is 0 Å². The molecule has 0 amide bonds. The summed E-state index contributed by atoms with van der Waals surface area (Å²) in [4.78, 5) is 11.6. The normalized spacial score (nSPS) is 12.5. The van der Waals surface area contributed by atoms with E-state index in [0.717, 1.165) is 12.1 Å². The minimum Gasteiger partial charge on any atom is -0.461 e. The highest BCUT2D eigenvalue weighted by Crippen LogP contribution is 2.15. The number of esters is 1. The first-order valence-corrected chi connectivity index (χ1v) is 5.33. The van der Waals surface area contributed by atoms with Crippen LogP contribution in [-0.4, -0.2) is 22.4 Å². The molecule has 4 nitrogen and oxygen atoms in total. The van der Waals surface area contributed by atoms with Crippen molar-refractivity contribution in [2.45, 2.75) is 40.2 Å². The van der Waals surface area contributed by atoms with Crippen molar-refractivity contribution < 1.29 is 9.53 Å². The monoisotopic (exact) mass is 210 g/mol. The summed E-state index contributed by atoms with van der Waals surface area (Å²) in [6.07, 6.45) is 0.938. The lowest BCUT2D eigenvalue weighted by Crippen LogP contribution is -2.16. The van der Waals surface area contributed by atoms with E-state index in [4.69, 9.17) is 4.74 Å². The van der Waals surface area contributed by atoms with Crippen LogP contribution in [0.25, 0.3) is 0 Å². The molecule has 1 atom stereocenters. The van der Waals surface area contributed by atoms with Gasteiger partial charge in [-0.3, -0.25) is 4.68 Å². The van der Waals surface area contributed by atoms with E-state index in [1.807, 2.05) is 13.8 Å². The molecule has 0 N–H and O–H groups in total. The quantitative estimate of drug-likeness (QED) is 0.716. The number of nitrogens with zero attached hydrogens (tertiary/aromatic N) is 2. The third-order valence-electron chi connectivity index (χ3n) is 2.35. The van der Waals surface area contributed by atoms with Gasteiger partial charge in [0.25, 0.3) is 0 Å². The van der Waals surface area contributed by atoms with E-state index in [0.29, 0.717) is 12.3 Å². The summed E-state index contributed by atoms with van der Waals surface area (Å²) in [5.41, 5.74) is 1.39. The Hall–Kier alpha value is -1.32. The first kappa shape index (κ1) is 11.8. The maximum atomic E-state index is 11.6. The molecule has 15 heavy (non-hydrogen) atoms. The molecule has 0 aliphatic carbocycles. The Labute approximate surface area is 90.2 Å². The summed E-state index contributed by atoms with van der Waals surface area (Å²) >= 11 is 0. The van der Waals surface area contributed by atoms with Crippen molar-refractivity contribution in [1.82, 2.24) is 9.78 Å². The Balaban J connectivity index is 3.00. The van der Waals surface area contributed by atoms with Gasteiger partial charge in [-0.25, -0.2) is 4.79 Å². The fourth-order valence-corrected chi connectivity index (χ4v) is 1.38. The number of hydrogen-bond donors (Lipinski definition) is 0. The van der Waals surface area contributed by atoms with Crippen molar-refractivity contribution in [3.8, 4) is 0 Å². The molecule has 1 rings (SSSR count). The first-order chi connectivity index (χ1) is 7.10. The van der Waals surface area contributed by atoms with Crippen LogP contribution in [0.3, 0.4) is 0 Å². The zero-order valence-electron chi connectivity index (χ0n) is 9.78. The van der Waals surface area contributed by atoms with Gasteiger partial charge in [0.1, 0.15) is 5.69 Å². The lowest BCUT2D eigenvalue weighted by atomic mass is 10.2. The van der Waals surface area contributed by atoms with Crippen LogP contribution in [0.1, 0.15) is 49.4 Å². The number of rotatable bonds is 4. The topological polar surface area (TPSA) is 44.1 Å². The van der Waals surface area contributed by atoms with Crippen molar-refractivity contribution in [1.29, 1.82) is 0 Å². The Morgan fingerprint density at radius 1 is 1.60 bits per heavy atom. The molecule has 84 valence electrons. The van der Waals surface area contributed by atoms with Gasteiger partial charge in [0.05, 0.1) is 12.3 Å². The molecule has 4 heteroatoms. The summed E-state index contributed by atoms with van der Waals surface area (Å²) in [7, 11) is 0. The molecule has 0 fully saturated rings. The summed E-state index contributed by atoms with van der Waals surface area (Å²) in [5.74, 6) is -0.293. The van der Waals surface area contributed by atoms with Crippen molar-refractivity contribution in [3.63, 3.8) is 0 Å². The van der Waals surface area contributed by atoms with Gasteiger partial charge >= 0.3 is 5.97 Å². The number of ether oxygens (including phenoxy) is 1. The fraction of sp³-hybridized carbons (Fsp3) is 0.636. The summed E-state index contributed by atoms with van der Waals surface area (Å²) in [6, 6.07) is 1.99. The zero-order chi connectivity index (χ0) is 11.4. The van der Waals surface area contributed by atoms with Gasteiger partial charge < -0.3 is 4.74 Å². The number of aryl methyl sites for hydroxylation is 1. The van der Waals surface area contributed by atoms with Crippen LogP contribution in [-0.2, 0) is 4.74 Å². The minimum atomic E-state index is -0.293. The summed E-state index contributed by atoms with van der Waals surface area (Å²) in [5, 5.41) is 4.30. The highest BCUT2D eigenvalue weighted by molar-refractivity contribution is 5.87. The van der Waals surface area contributed by atoms with Crippen LogP contribution in [0.2, 0.25) is 0 Å². The number of carbonyl (C=O) groups is 1. The van der Waals surface area contributed by atoms with Crippen LogP contribution >= 0.6 is 0 Å². The third kappa shape index (κ3) is 2.58. The van der Waals surface area contributed by atoms with Crippen LogP contribution in [0, 0.1) is 6.92 Å². The highest BCUT2D eigenvalue weighted by atomic mass is 16.5. The van der Waals surface area contributed by atoms with Crippen LogP contribution in [0.15, 0.2) is 6.07 Å². The van der Waals surface area contributed by atoms with E-state index >= 15 is 0 Å². The largest absolute Gasteiger partial charge is 0.461 e. The van der Waals surface area contributed by atoms with E-state index in [2.05, 4.69) is 12.0 Å². The maximum absolute atomic E-state index is 11.6. The fourth-order valence-electron chi connectivity index (χ4n) is 1.38. The smallest absolute Gasteiger partial charge is 0.356 e. The van der Waals surface area contributed by atoms with Gasteiger partial charge in [0.15, 0.2) is 0 Å². The van der Waals surface area contributed by atoms with E-state index in [1.165, 1.54) is 0 Å². The molecule has 1 unspecified atom stereocenters. The van der Waals surface area contributed by atoms with Crippen molar-refractivity contribution in [3.05, 3.63) is 17.5 Å². The number of aromatic nitrogens is 2. The molecule has 0 bridgehead atoms. The Bertz CT molecular complexity index is 344. The molecule has 0 saturated carbocycles. The third-order valence-corrected chi connectivity index (χ3v) is 2.35. The van der Waals surface area contributed by atoms with E-state index < -0.39 is 0 Å². The van der Waals surface area contributed by atoms with Gasteiger partial charge in [-0.2, -0.15) is 5.10 Å². The van der Waals surface area contributed by atoms with E-state index in [1.54, 1.807) is 17.7 Å². The van der Waals surface area contributed by atoms with Gasteiger partial charge in [-0.1, -0.05) is 6.92 Å². The molecule has 0 saturated heterocycles. The molecule has 0 aliphatic rings. The molecule has 0 aliphatic heterocycles. The van der Waals surface area contributed by atoms with E-state index in [9.17, 15) is 4.79 Å². The molecular weight excluding hydrogens is 192 g/mol.